The van der Waals surface area contributed by atoms with Crippen LogP contribution in [-0.4, -0.2) is 23.8 Å². The quantitative estimate of drug-likeness (QED) is 0.316. The molecule has 4 aromatic rings. The number of fused-ring (bicyclic) bond motifs is 5. The zero-order valence-corrected chi connectivity index (χ0v) is 20.0. The summed E-state index contributed by atoms with van der Waals surface area (Å²) in [5.74, 6) is 0.868. The van der Waals surface area contributed by atoms with Gasteiger partial charge in [0.15, 0.2) is 0 Å². The molecule has 0 spiro atoms. The summed E-state index contributed by atoms with van der Waals surface area (Å²) in [6.45, 7) is 9.41. The Morgan fingerprint density at radius 2 is 1.88 bits per heavy atom. The number of methoxy groups -OCH3 is 2. The van der Waals surface area contributed by atoms with E-state index in [4.69, 9.17) is 14.5 Å². The zero-order chi connectivity index (χ0) is 23.2. The van der Waals surface area contributed by atoms with Crippen molar-refractivity contribution in [2.24, 2.45) is 5.41 Å². The number of ether oxygens (including phenoxy) is 2. The maximum absolute atomic E-state index is 6.08. The highest BCUT2D eigenvalue weighted by atomic mass is 16.5. The van der Waals surface area contributed by atoms with Crippen LogP contribution in [0.3, 0.4) is 0 Å². The van der Waals surface area contributed by atoms with Crippen LogP contribution in [0.4, 0.5) is 0 Å². The van der Waals surface area contributed by atoms with Gasteiger partial charge >= 0.3 is 0 Å². The van der Waals surface area contributed by atoms with Crippen molar-refractivity contribution in [3.8, 4) is 5.75 Å². The molecule has 33 heavy (non-hydrogen) atoms. The summed E-state index contributed by atoms with van der Waals surface area (Å²) in [4.78, 5) is 5.34. The third-order valence-electron chi connectivity index (χ3n) is 6.93. The number of para-hydroxylation sites is 1. The molecule has 1 atom stereocenters. The number of hydrogen-bond donors (Lipinski definition) is 0. The van der Waals surface area contributed by atoms with Crippen molar-refractivity contribution in [3.05, 3.63) is 83.7 Å². The maximum Gasteiger partial charge on any atom is 0.118 e. The number of allylic oxidation sites excluding steroid dienone is 1. The van der Waals surface area contributed by atoms with Gasteiger partial charge in [-0.15, -0.1) is 6.58 Å². The summed E-state index contributed by atoms with van der Waals surface area (Å²) in [6.07, 6.45) is 4.72. The number of benzene rings is 2. The third-order valence-corrected chi connectivity index (χ3v) is 6.93. The average Bonchev–Trinajstić information content (AvgIpc) is 3.13. The van der Waals surface area contributed by atoms with Crippen molar-refractivity contribution < 1.29 is 9.47 Å². The molecule has 4 nitrogen and oxygen atoms in total. The molecule has 2 heterocycles. The van der Waals surface area contributed by atoms with Gasteiger partial charge in [0.05, 0.1) is 24.4 Å². The van der Waals surface area contributed by atoms with Gasteiger partial charge in [0.1, 0.15) is 5.75 Å². The molecule has 2 aromatic heterocycles. The highest BCUT2D eigenvalue weighted by Gasteiger charge is 2.36. The second kappa shape index (κ2) is 8.35. The normalized spacial score (nSPS) is 17.3. The van der Waals surface area contributed by atoms with Crippen LogP contribution in [0.2, 0.25) is 0 Å². The molecule has 0 N–H and O–H groups in total. The Labute approximate surface area is 195 Å². The first kappa shape index (κ1) is 21.7. The smallest absolute Gasteiger partial charge is 0.118 e. The second-order valence-corrected chi connectivity index (χ2v) is 9.85. The van der Waals surface area contributed by atoms with Gasteiger partial charge < -0.3 is 14.0 Å². The van der Waals surface area contributed by atoms with E-state index in [2.05, 4.69) is 61.4 Å². The van der Waals surface area contributed by atoms with Gasteiger partial charge in [-0.3, -0.25) is 4.98 Å². The first-order valence-corrected chi connectivity index (χ1v) is 11.6. The Hall–Kier alpha value is -3.11. The van der Waals surface area contributed by atoms with E-state index in [-0.39, 0.29) is 11.5 Å². The van der Waals surface area contributed by atoms with E-state index < -0.39 is 0 Å². The SMILES string of the molecule is C=CCn1c2ccccc2c2c3c(nc(Cc4ccc(OC)cc4)c21)CC(C)(C)CC3OC. The monoisotopic (exact) mass is 440 g/mol. The van der Waals surface area contributed by atoms with Crippen molar-refractivity contribution >= 4 is 21.8 Å². The van der Waals surface area contributed by atoms with E-state index in [1.54, 1.807) is 7.11 Å². The van der Waals surface area contributed by atoms with E-state index in [1.807, 2.05) is 25.3 Å². The first-order valence-electron chi connectivity index (χ1n) is 11.6. The van der Waals surface area contributed by atoms with Crippen LogP contribution < -0.4 is 4.74 Å². The average molecular weight is 441 g/mol. The predicted molar refractivity (Wildman–Crippen MR) is 135 cm³/mol. The van der Waals surface area contributed by atoms with Gasteiger partial charge in [0.25, 0.3) is 0 Å². The Bertz CT molecular complexity index is 1330. The summed E-state index contributed by atoms with van der Waals surface area (Å²) in [7, 11) is 3.53. The molecule has 4 heteroatoms. The number of pyridine rings is 1. The van der Waals surface area contributed by atoms with Crippen LogP contribution in [0.15, 0.2) is 61.2 Å². The molecular weight excluding hydrogens is 408 g/mol. The number of aromatic nitrogens is 2. The van der Waals surface area contributed by atoms with Gasteiger partial charge in [0, 0.05) is 47.6 Å². The van der Waals surface area contributed by atoms with E-state index in [1.165, 1.54) is 38.6 Å². The largest absolute Gasteiger partial charge is 0.497 e. The summed E-state index contributed by atoms with van der Waals surface area (Å²) >= 11 is 0. The van der Waals surface area contributed by atoms with Crippen molar-refractivity contribution in [1.82, 2.24) is 9.55 Å². The lowest BCUT2D eigenvalue weighted by atomic mass is 9.73. The van der Waals surface area contributed by atoms with Gasteiger partial charge in [0.2, 0.25) is 0 Å². The molecular formula is C29H32N2O2. The van der Waals surface area contributed by atoms with Gasteiger partial charge in [-0.1, -0.05) is 50.3 Å². The minimum atomic E-state index is 0.0387. The lowest BCUT2D eigenvalue weighted by Crippen LogP contribution is -2.28. The maximum atomic E-state index is 6.08. The molecule has 0 amide bonds. The van der Waals surface area contributed by atoms with Crippen molar-refractivity contribution in [1.29, 1.82) is 0 Å². The molecule has 0 fully saturated rings. The summed E-state index contributed by atoms with van der Waals surface area (Å²) in [6, 6.07) is 17.0. The Morgan fingerprint density at radius 3 is 2.58 bits per heavy atom. The summed E-state index contributed by atoms with van der Waals surface area (Å²) in [5.41, 5.74) is 7.34. The third kappa shape index (κ3) is 3.72. The van der Waals surface area contributed by atoms with Crippen LogP contribution in [-0.2, 0) is 24.1 Å². The number of nitrogens with zero attached hydrogens (tertiary/aromatic N) is 2. The van der Waals surface area contributed by atoms with Gasteiger partial charge in [-0.2, -0.15) is 0 Å². The predicted octanol–water partition coefficient (Wildman–Crippen LogP) is 6.63. The molecule has 1 aliphatic carbocycles. The van der Waals surface area contributed by atoms with Crippen LogP contribution >= 0.6 is 0 Å². The fourth-order valence-electron chi connectivity index (χ4n) is 5.49. The number of hydrogen-bond acceptors (Lipinski definition) is 3. The van der Waals surface area contributed by atoms with Gasteiger partial charge in [-0.05, 0) is 42.0 Å². The minimum absolute atomic E-state index is 0.0387. The van der Waals surface area contributed by atoms with E-state index >= 15 is 0 Å². The fraction of sp³-hybridized carbons (Fsp3) is 0.345. The highest BCUT2D eigenvalue weighted by Crippen LogP contribution is 2.47. The first-order chi connectivity index (χ1) is 16.0. The molecule has 1 unspecified atom stereocenters. The van der Waals surface area contributed by atoms with Crippen LogP contribution in [0, 0.1) is 5.41 Å². The Balaban J connectivity index is 1.83. The molecule has 0 bridgehead atoms. The Morgan fingerprint density at radius 1 is 1.12 bits per heavy atom. The van der Waals surface area contributed by atoms with Crippen molar-refractivity contribution in [2.45, 2.75) is 45.8 Å². The number of rotatable bonds is 6. The van der Waals surface area contributed by atoms with E-state index in [9.17, 15) is 0 Å². The van der Waals surface area contributed by atoms with Crippen LogP contribution in [0.5, 0.6) is 5.75 Å². The second-order valence-electron chi connectivity index (χ2n) is 9.85. The summed E-state index contributed by atoms with van der Waals surface area (Å²) in [5, 5.41) is 2.56. The topological polar surface area (TPSA) is 36.3 Å². The molecule has 0 radical (unpaired) electrons. The molecule has 2 aromatic carbocycles. The van der Waals surface area contributed by atoms with Gasteiger partial charge in [-0.25, -0.2) is 0 Å². The fourth-order valence-corrected chi connectivity index (χ4v) is 5.49. The molecule has 0 saturated carbocycles. The standard InChI is InChI=1S/C29H32N2O2/c1-6-15-31-24-10-8-7-9-21(24)26-27-23(17-29(2,3)18-25(27)33-5)30-22(28(26)31)16-19-11-13-20(32-4)14-12-19/h6-14,25H,1,15-18H2,2-5H3. The molecule has 170 valence electrons. The zero-order valence-electron chi connectivity index (χ0n) is 20.0. The molecule has 0 aliphatic heterocycles. The molecule has 1 aliphatic rings. The van der Waals surface area contributed by atoms with Crippen molar-refractivity contribution in [2.75, 3.05) is 14.2 Å². The van der Waals surface area contributed by atoms with E-state index in [0.29, 0.717) is 0 Å². The summed E-state index contributed by atoms with van der Waals surface area (Å²) < 4.78 is 13.8. The Kier molecular flexibility index (Phi) is 5.49. The molecule has 0 saturated heterocycles. The highest BCUT2D eigenvalue weighted by molar-refractivity contribution is 6.11. The lowest BCUT2D eigenvalue weighted by Gasteiger charge is -2.36. The minimum Gasteiger partial charge on any atom is -0.497 e. The van der Waals surface area contributed by atoms with Crippen molar-refractivity contribution in [3.63, 3.8) is 0 Å². The van der Waals surface area contributed by atoms with Crippen LogP contribution in [0.25, 0.3) is 21.8 Å². The van der Waals surface area contributed by atoms with Crippen LogP contribution in [0.1, 0.15) is 48.9 Å². The lowest BCUT2D eigenvalue weighted by molar-refractivity contribution is 0.0504. The molecule has 5 rings (SSSR count). The van der Waals surface area contributed by atoms with E-state index in [0.717, 1.165) is 37.3 Å².